The minimum absolute atomic E-state index is 0.179. The van der Waals surface area contributed by atoms with Crippen molar-refractivity contribution in [1.29, 1.82) is 0 Å². The lowest BCUT2D eigenvalue weighted by Gasteiger charge is -2.29. The van der Waals surface area contributed by atoms with E-state index in [4.69, 9.17) is 28.4 Å². The van der Waals surface area contributed by atoms with Crippen LogP contribution in [0.1, 0.15) is 17.5 Å². The lowest BCUT2D eigenvalue weighted by molar-refractivity contribution is -0.166. The molecule has 0 bridgehead atoms. The number of ketones is 1. The molecule has 5 nitrogen and oxygen atoms in total. The summed E-state index contributed by atoms with van der Waals surface area (Å²) < 4.78 is 0. The van der Waals surface area contributed by atoms with Crippen LogP contribution in [0, 0.1) is 0 Å². The van der Waals surface area contributed by atoms with Crippen molar-refractivity contribution in [3.05, 3.63) is 69.7 Å². The summed E-state index contributed by atoms with van der Waals surface area (Å²) in [7, 11) is 1.04. The Hall–Kier alpha value is -1.92. The molecular weight excluding hydrogens is 353 g/mol. The highest BCUT2D eigenvalue weighted by atomic mass is 35.5. The zero-order valence-electron chi connectivity index (χ0n) is 12.7. The second-order valence-electron chi connectivity index (χ2n) is 5.31. The van der Waals surface area contributed by atoms with Crippen molar-refractivity contribution >= 4 is 34.9 Å². The zero-order chi connectivity index (χ0) is 17.9. The second kappa shape index (κ2) is 7.32. The number of carbonyl (C=O) groups is 2. The van der Waals surface area contributed by atoms with Crippen LogP contribution in [-0.2, 0) is 15.2 Å². The van der Waals surface area contributed by atoms with Crippen LogP contribution in [0.2, 0.25) is 10.0 Å². The Labute approximate surface area is 149 Å². The van der Waals surface area contributed by atoms with Gasteiger partial charge in [-0.25, -0.2) is 5.06 Å². The van der Waals surface area contributed by atoms with Gasteiger partial charge in [0.2, 0.25) is 5.78 Å². The molecule has 0 saturated carbocycles. The van der Waals surface area contributed by atoms with Gasteiger partial charge in [-0.3, -0.25) is 14.8 Å². The van der Waals surface area contributed by atoms with Crippen molar-refractivity contribution in [1.82, 2.24) is 5.06 Å². The minimum atomic E-state index is -1.82. The summed E-state index contributed by atoms with van der Waals surface area (Å²) >= 11 is 12.0. The molecule has 0 saturated heterocycles. The Morgan fingerprint density at radius 3 is 1.88 bits per heavy atom. The van der Waals surface area contributed by atoms with E-state index in [9.17, 15) is 14.7 Å². The average molecular weight is 368 g/mol. The number of benzene rings is 2. The van der Waals surface area contributed by atoms with E-state index in [1.165, 1.54) is 12.1 Å². The molecular formula is C17H15Cl2NO4. The van der Waals surface area contributed by atoms with Crippen LogP contribution in [0.5, 0.6) is 0 Å². The Balaban J connectivity index is 2.53. The summed E-state index contributed by atoms with van der Waals surface area (Å²) in [5.74, 6) is -2.08. The second-order valence-corrected chi connectivity index (χ2v) is 6.18. The SMILES string of the molecule is CN(O)C(=O)C(=O)CC(O)(c1cccc(Cl)c1)c1cccc(Cl)c1. The number of hydrogen-bond acceptors (Lipinski definition) is 4. The first-order valence-electron chi connectivity index (χ1n) is 6.98. The standard InChI is InChI=1S/C17H15Cl2NO4/c1-20(24)16(22)15(21)10-17(23,11-4-2-6-13(18)8-11)12-5-3-7-14(19)9-12/h2-9,23-24H,10H2,1H3. The lowest BCUT2D eigenvalue weighted by atomic mass is 9.82. The number of halogens is 2. The largest absolute Gasteiger partial charge is 0.380 e. The topological polar surface area (TPSA) is 77.8 Å². The molecule has 0 unspecified atom stereocenters. The maximum atomic E-state index is 12.1. The predicted molar refractivity (Wildman–Crippen MR) is 90.1 cm³/mol. The van der Waals surface area contributed by atoms with Crippen LogP contribution >= 0.6 is 23.2 Å². The van der Waals surface area contributed by atoms with Gasteiger partial charge in [-0.2, -0.15) is 0 Å². The highest BCUT2D eigenvalue weighted by Crippen LogP contribution is 2.35. The fourth-order valence-corrected chi connectivity index (χ4v) is 2.73. The number of carbonyl (C=O) groups excluding carboxylic acids is 2. The molecule has 0 aliphatic heterocycles. The van der Waals surface area contributed by atoms with E-state index >= 15 is 0 Å². The van der Waals surface area contributed by atoms with Crippen molar-refractivity contribution in [2.24, 2.45) is 0 Å². The molecule has 0 aliphatic rings. The van der Waals surface area contributed by atoms with Crippen LogP contribution in [-0.4, -0.2) is 34.1 Å². The van der Waals surface area contributed by atoms with Gasteiger partial charge in [-0.1, -0.05) is 47.5 Å². The van der Waals surface area contributed by atoms with Crippen molar-refractivity contribution < 1.29 is 19.9 Å². The summed E-state index contributed by atoms with van der Waals surface area (Å²) in [6, 6.07) is 12.7. The first-order valence-corrected chi connectivity index (χ1v) is 7.74. The van der Waals surface area contributed by atoms with E-state index < -0.39 is 23.7 Å². The highest BCUT2D eigenvalue weighted by molar-refractivity contribution is 6.36. The maximum Gasteiger partial charge on any atom is 0.313 e. The van der Waals surface area contributed by atoms with Gasteiger partial charge in [-0.05, 0) is 35.4 Å². The smallest absolute Gasteiger partial charge is 0.313 e. The Bertz CT molecular complexity index is 731. The van der Waals surface area contributed by atoms with Gasteiger partial charge in [0.25, 0.3) is 0 Å². The highest BCUT2D eigenvalue weighted by Gasteiger charge is 2.37. The van der Waals surface area contributed by atoms with Gasteiger partial charge in [-0.15, -0.1) is 0 Å². The molecule has 2 aromatic rings. The third-order valence-electron chi connectivity index (χ3n) is 3.55. The predicted octanol–water partition coefficient (Wildman–Crippen LogP) is 3.04. The van der Waals surface area contributed by atoms with Crippen molar-refractivity contribution in [3.63, 3.8) is 0 Å². The number of Topliss-reactive ketones (excluding diaryl/α,β-unsaturated/α-hetero) is 1. The average Bonchev–Trinajstić information content (AvgIpc) is 2.53. The summed E-state index contributed by atoms with van der Waals surface area (Å²) in [4.78, 5) is 23.8. The monoisotopic (exact) mass is 367 g/mol. The van der Waals surface area contributed by atoms with Crippen LogP contribution in [0.3, 0.4) is 0 Å². The molecule has 1 amide bonds. The first kappa shape index (κ1) is 18.4. The molecule has 0 atom stereocenters. The lowest BCUT2D eigenvalue weighted by Crippen LogP contribution is -2.37. The molecule has 0 fully saturated rings. The van der Waals surface area contributed by atoms with Crippen LogP contribution in [0.25, 0.3) is 0 Å². The molecule has 24 heavy (non-hydrogen) atoms. The van der Waals surface area contributed by atoms with Gasteiger partial charge < -0.3 is 5.11 Å². The molecule has 0 heterocycles. The van der Waals surface area contributed by atoms with Gasteiger partial charge in [0.1, 0.15) is 5.60 Å². The van der Waals surface area contributed by atoms with E-state index in [2.05, 4.69) is 0 Å². The molecule has 0 aliphatic carbocycles. The normalized spacial score (nSPS) is 11.2. The van der Waals surface area contributed by atoms with Gasteiger partial charge in [0, 0.05) is 17.1 Å². The minimum Gasteiger partial charge on any atom is -0.380 e. The first-order chi connectivity index (χ1) is 11.2. The molecule has 0 spiro atoms. The third kappa shape index (κ3) is 3.94. The molecule has 126 valence electrons. The van der Waals surface area contributed by atoms with E-state index in [-0.39, 0.29) is 5.06 Å². The molecule has 2 N–H and O–H groups in total. The molecule has 0 aromatic heterocycles. The van der Waals surface area contributed by atoms with Crippen LogP contribution < -0.4 is 0 Å². The number of hydroxylamine groups is 2. The van der Waals surface area contributed by atoms with E-state index in [0.29, 0.717) is 21.2 Å². The maximum absolute atomic E-state index is 12.1. The fourth-order valence-electron chi connectivity index (χ4n) is 2.35. The Morgan fingerprint density at radius 2 is 1.50 bits per heavy atom. The Morgan fingerprint density at radius 1 is 1.04 bits per heavy atom. The number of rotatable bonds is 5. The van der Waals surface area contributed by atoms with Crippen LogP contribution in [0.15, 0.2) is 48.5 Å². The quantitative estimate of drug-likeness (QED) is 0.483. The number of hydrogen-bond donors (Lipinski definition) is 2. The number of amides is 1. The third-order valence-corrected chi connectivity index (χ3v) is 4.02. The summed E-state index contributed by atoms with van der Waals surface area (Å²) in [5, 5.41) is 21.3. The Kier molecular flexibility index (Phi) is 5.62. The zero-order valence-corrected chi connectivity index (χ0v) is 14.3. The summed E-state index contributed by atoms with van der Waals surface area (Å²) in [6.07, 6.45) is -0.572. The number of likely N-dealkylation sites (N-methyl/N-ethyl adjacent to an activating group) is 1. The van der Waals surface area contributed by atoms with Gasteiger partial charge >= 0.3 is 5.91 Å². The van der Waals surface area contributed by atoms with E-state index in [1.807, 2.05) is 0 Å². The van der Waals surface area contributed by atoms with E-state index in [0.717, 1.165) is 7.05 Å². The fraction of sp³-hybridized carbons (Fsp3) is 0.176. The van der Waals surface area contributed by atoms with Crippen molar-refractivity contribution in [2.45, 2.75) is 12.0 Å². The molecule has 2 aromatic carbocycles. The van der Waals surface area contributed by atoms with Crippen LogP contribution in [0.4, 0.5) is 0 Å². The van der Waals surface area contributed by atoms with Gasteiger partial charge in [0.05, 0.1) is 6.42 Å². The van der Waals surface area contributed by atoms with Crippen molar-refractivity contribution in [3.8, 4) is 0 Å². The molecule has 2 rings (SSSR count). The number of nitrogens with zero attached hydrogens (tertiary/aromatic N) is 1. The van der Waals surface area contributed by atoms with E-state index in [1.54, 1.807) is 36.4 Å². The summed E-state index contributed by atoms with van der Waals surface area (Å²) in [5.41, 5.74) is -1.16. The van der Waals surface area contributed by atoms with Gasteiger partial charge in [0.15, 0.2) is 0 Å². The van der Waals surface area contributed by atoms with Crippen molar-refractivity contribution in [2.75, 3.05) is 7.05 Å². The molecule has 7 heteroatoms. The number of aliphatic hydroxyl groups is 1. The molecule has 0 radical (unpaired) electrons. The summed E-state index contributed by atoms with van der Waals surface area (Å²) in [6.45, 7) is 0.